The topological polar surface area (TPSA) is 54.3 Å². The summed E-state index contributed by atoms with van der Waals surface area (Å²) in [6, 6.07) is 9.89. The zero-order chi connectivity index (χ0) is 14.7. The second-order valence-corrected chi connectivity index (χ2v) is 5.03. The number of hydrogen-bond acceptors (Lipinski definition) is 3. The van der Waals surface area contributed by atoms with Crippen molar-refractivity contribution < 1.29 is 9.21 Å². The summed E-state index contributed by atoms with van der Waals surface area (Å²) in [4.78, 5) is 11.2. The average Bonchev–Trinajstić information content (AvgIpc) is 2.79. The van der Waals surface area contributed by atoms with Crippen molar-refractivity contribution in [2.75, 3.05) is 10.6 Å². The van der Waals surface area contributed by atoms with Crippen molar-refractivity contribution in [3.05, 3.63) is 47.4 Å². The molecule has 106 valence electrons. The van der Waals surface area contributed by atoms with Gasteiger partial charge in [-0.1, -0.05) is 6.07 Å². The zero-order valence-electron chi connectivity index (χ0n) is 12.3. The minimum absolute atomic E-state index is 0.0663. The van der Waals surface area contributed by atoms with Crippen molar-refractivity contribution in [1.82, 2.24) is 0 Å². The van der Waals surface area contributed by atoms with Gasteiger partial charge >= 0.3 is 0 Å². The molecule has 1 atom stereocenters. The second-order valence-electron chi connectivity index (χ2n) is 5.03. The van der Waals surface area contributed by atoms with Crippen LogP contribution in [0.5, 0.6) is 0 Å². The van der Waals surface area contributed by atoms with E-state index in [1.165, 1.54) is 6.92 Å². The molecule has 0 aliphatic rings. The smallest absolute Gasteiger partial charge is 0.221 e. The molecular formula is C16H20N2O2. The zero-order valence-corrected chi connectivity index (χ0v) is 12.3. The normalized spacial score (nSPS) is 12.0. The molecule has 0 bridgehead atoms. The summed E-state index contributed by atoms with van der Waals surface area (Å²) < 4.78 is 5.60. The van der Waals surface area contributed by atoms with Gasteiger partial charge in [0.05, 0.1) is 6.04 Å². The number of anilines is 2. The molecule has 2 rings (SSSR count). The molecule has 0 radical (unpaired) electrons. The highest BCUT2D eigenvalue weighted by atomic mass is 16.3. The first-order valence-corrected chi connectivity index (χ1v) is 6.67. The van der Waals surface area contributed by atoms with E-state index in [1.54, 1.807) is 0 Å². The standard InChI is InChI=1S/C16H20N2O2/c1-10-5-7-14(9-15(10)18-13(4)19)17-12(3)16-8-6-11(2)20-16/h5-9,12,17H,1-4H3,(H,18,19). The van der Waals surface area contributed by atoms with Crippen LogP contribution in [0.2, 0.25) is 0 Å². The molecule has 0 saturated heterocycles. The second kappa shape index (κ2) is 5.82. The van der Waals surface area contributed by atoms with Gasteiger partial charge < -0.3 is 15.1 Å². The Morgan fingerprint density at radius 3 is 2.55 bits per heavy atom. The number of amides is 1. The van der Waals surface area contributed by atoms with Crippen LogP contribution in [0.15, 0.2) is 34.7 Å². The summed E-state index contributed by atoms with van der Waals surface area (Å²) in [6.07, 6.45) is 0. The summed E-state index contributed by atoms with van der Waals surface area (Å²) >= 11 is 0. The van der Waals surface area contributed by atoms with Gasteiger partial charge in [-0.2, -0.15) is 0 Å². The number of nitrogens with one attached hydrogen (secondary N) is 2. The Morgan fingerprint density at radius 1 is 1.20 bits per heavy atom. The lowest BCUT2D eigenvalue weighted by molar-refractivity contribution is -0.114. The van der Waals surface area contributed by atoms with Crippen LogP contribution in [0.4, 0.5) is 11.4 Å². The van der Waals surface area contributed by atoms with Crippen molar-refractivity contribution >= 4 is 17.3 Å². The minimum atomic E-state index is -0.0695. The molecular weight excluding hydrogens is 252 g/mol. The Kier molecular flexibility index (Phi) is 4.13. The maximum Gasteiger partial charge on any atom is 0.221 e. The van der Waals surface area contributed by atoms with E-state index in [0.717, 1.165) is 28.5 Å². The van der Waals surface area contributed by atoms with Crippen LogP contribution < -0.4 is 10.6 Å². The molecule has 2 N–H and O–H groups in total. The Labute approximate surface area is 119 Å². The molecule has 4 heteroatoms. The van der Waals surface area contributed by atoms with Crippen LogP contribution in [0.25, 0.3) is 0 Å². The molecule has 2 aromatic rings. The van der Waals surface area contributed by atoms with Gasteiger partial charge in [-0.25, -0.2) is 0 Å². The Morgan fingerprint density at radius 2 is 1.95 bits per heavy atom. The number of carbonyl (C=O) groups excluding carboxylic acids is 1. The van der Waals surface area contributed by atoms with Gasteiger partial charge in [0, 0.05) is 18.3 Å². The SMILES string of the molecule is CC(=O)Nc1cc(NC(C)c2ccc(C)o2)ccc1C. The highest BCUT2D eigenvalue weighted by molar-refractivity contribution is 5.90. The highest BCUT2D eigenvalue weighted by Crippen LogP contribution is 2.25. The van der Waals surface area contributed by atoms with E-state index in [0.29, 0.717) is 0 Å². The third-order valence-electron chi connectivity index (χ3n) is 3.12. The van der Waals surface area contributed by atoms with Gasteiger partial charge in [0.25, 0.3) is 0 Å². The molecule has 1 unspecified atom stereocenters. The van der Waals surface area contributed by atoms with Gasteiger partial charge in [-0.05, 0) is 50.6 Å². The molecule has 4 nitrogen and oxygen atoms in total. The molecule has 0 spiro atoms. The number of furan rings is 1. The van der Waals surface area contributed by atoms with Gasteiger partial charge in [0.15, 0.2) is 0 Å². The molecule has 1 heterocycles. The summed E-state index contributed by atoms with van der Waals surface area (Å²) in [5, 5.41) is 6.20. The van der Waals surface area contributed by atoms with Gasteiger partial charge in [0.1, 0.15) is 11.5 Å². The molecule has 20 heavy (non-hydrogen) atoms. The minimum Gasteiger partial charge on any atom is -0.464 e. The van der Waals surface area contributed by atoms with Crippen molar-refractivity contribution in [3.8, 4) is 0 Å². The van der Waals surface area contributed by atoms with Crippen LogP contribution >= 0.6 is 0 Å². The van der Waals surface area contributed by atoms with Crippen LogP contribution in [0, 0.1) is 13.8 Å². The van der Waals surface area contributed by atoms with E-state index in [4.69, 9.17) is 4.42 Å². The fourth-order valence-electron chi connectivity index (χ4n) is 2.04. The van der Waals surface area contributed by atoms with Gasteiger partial charge in [-0.15, -0.1) is 0 Å². The summed E-state index contributed by atoms with van der Waals surface area (Å²) in [6.45, 7) is 7.44. The number of carbonyl (C=O) groups is 1. The summed E-state index contributed by atoms with van der Waals surface area (Å²) in [5.74, 6) is 1.72. The van der Waals surface area contributed by atoms with Crippen LogP contribution in [0.3, 0.4) is 0 Å². The van der Waals surface area contributed by atoms with Crippen molar-refractivity contribution in [2.24, 2.45) is 0 Å². The fourth-order valence-corrected chi connectivity index (χ4v) is 2.04. The Hall–Kier alpha value is -2.23. The summed E-state index contributed by atoms with van der Waals surface area (Å²) in [5.41, 5.74) is 2.80. The lowest BCUT2D eigenvalue weighted by Gasteiger charge is -2.15. The molecule has 0 saturated carbocycles. The third kappa shape index (κ3) is 3.41. The molecule has 0 aliphatic heterocycles. The Balaban J connectivity index is 2.15. The van der Waals surface area contributed by atoms with E-state index in [2.05, 4.69) is 10.6 Å². The Bertz CT molecular complexity index is 617. The lowest BCUT2D eigenvalue weighted by atomic mass is 10.1. The molecule has 1 aromatic heterocycles. The molecule has 0 aliphatic carbocycles. The molecule has 0 fully saturated rings. The lowest BCUT2D eigenvalue weighted by Crippen LogP contribution is -2.09. The first-order valence-electron chi connectivity index (χ1n) is 6.67. The van der Waals surface area contributed by atoms with Gasteiger partial charge in [-0.3, -0.25) is 4.79 Å². The van der Waals surface area contributed by atoms with Crippen molar-refractivity contribution in [1.29, 1.82) is 0 Å². The monoisotopic (exact) mass is 272 g/mol. The average molecular weight is 272 g/mol. The van der Waals surface area contributed by atoms with E-state index in [9.17, 15) is 4.79 Å². The predicted molar refractivity (Wildman–Crippen MR) is 81.0 cm³/mol. The van der Waals surface area contributed by atoms with Gasteiger partial charge in [0.2, 0.25) is 5.91 Å². The largest absolute Gasteiger partial charge is 0.464 e. The number of benzene rings is 1. The van der Waals surface area contributed by atoms with Crippen molar-refractivity contribution in [3.63, 3.8) is 0 Å². The van der Waals surface area contributed by atoms with Crippen LogP contribution in [-0.4, -0.2) is 5.91 Å². The maximum absolute atomic E-state index is 11.2. The third-order valence-corrected chi connectivity index (χ3v) is 3.12. The van der Waals surface area contributed by atoms with E-state index >= 15 is 0 Å². The van der Waals surface area contributed by atoms with E-state index in [1.807, 2.05) is 51.1 Å². The van der Waals surface area contributed by atoms with E-state index < -0.39 is 0 Å². The maximum atomic E-state index is 11.2. The number of aryl methyl sites for hydroxylation is 2. The van der Waals surface area contributed by atoms with Crippen LogP contribution in [0.1, 0.15) is 37.0 Å². The van der Waals surface area contributed by atoms with E-state index in [-0.39, 0.29) is 11.9 Å². The highest BCUT2D eigenvalue weighted by Gasteiger charge is 2.10. The number of rotatable bonds is 4. The van der Waals surface area contributed by atoms with Crippen LogP contribution in [-0.2, 0) is 4.79 Å². The fraction of sp³-hybridized carbons (Fsp3) is 0.312. The number of hydrogen-bond donors (Lipinski definition) is 2. The first kappa shape index (κ1) is 14.2. The molecule has 1 aromatic carbocycles. The quantitative estimate of drug-likeness (QED) is 0.883. The van der Waals surface area contributed by atoms with Crippen molar-refractivity contribution in [2.45, 2.75) is 33.7 Å². The molecule has 1 amide bonds. The summed E-state index contributed by atoms with van der Waals surface area (Å²) in [7, 11) is 0. The predicted octanol–water partition coefficient (Wildman–Crippen LogP) is 4.03. The first-order chi connectivity index (χ1) is 9.45.